The van der Waals surface area contributed by atoms with E-state index in [1.165, 1.54) is 0 Å². The van der Waals surface area contributed by atoms with Crippen LogP contribution >= 0.6 is 0 Å². The Morgan fingerprint density at radius 1 is 0.310 bits per heavy atom. The van der Waals surface area contributed by atoms with Crippen LogP contribution in [0.3, 0.4) is 0 Å². The van der Waals surface area contributed by atoms with Crippen molar-refractivity contribution < 1.29 is 207 Å². The minimum absolute atomic E-state index is 0. The number of carbonyl (C=O) groups is 6. The Hall–Kier alpha value is -2.26. The van der Waals surface area contributed by atoms with Crippen LogP contribution in [0.1, 0.15) is 98.7 Å². The second kappa shape index (κ2) is 19.2. The van der Waals surface area contributed by atoms with Gasteiger partial charge in [0.2, 0.25) is 0 Å². The molecule has 0 spiro atoms. The van der Waals surface area contributed by atoms with E-state index < -0.39 is 186 Å². The zero-order valence-corrected chi connectivity index (χ0v) is 28.4. The smallest absolute Gasteiger partial charge is 0.333 e. The second-order valence-corrected chi connectivity index (χ2v) is 9.81. The van der Waals surface area contributed by atoms with Crippen LogP contribution in [0.15, 0.2) is 0 Å². The molecule has 0 heterocycles. The van der Waals surface area contributed by atoms with Crippen molar-refractivity contribution in [2.45, 2.75) is 116 Å². The van der Waals surface area contributed by atoms with Gasteiger partial charge in [-0.3, -0.25) is 19.3 Å². The minimum Gasteiger partial charge on any atom is -0.333 e. The molecule has 0 aliphatic rings. The van der Waals surface area contributed by atoms with E-state index in [4.69, 9.17) is 37.0 Å². The number of hydrogen-bond acceptors (Lipinski definition) is 6. The zero-order valence-electron chi connectivity index (χ0n) is 53.0. The molecule has 0 radical (unpaired) electrons. The number of rotatable bonds is 12. The van der Waals surface area contributed by atoms with E-state index >= 15 is 0 Å². The third-order valence-electron chi connectivity index (χ3n) is 5.07. The van der Waals surface area contributed by atoms with Crippen LogP contribution in [0.4, 0.5) is 92.2 Å². The van der Waals surface area contributed by atoms with E-state index in [0.29, 0.717) is 0 Å². The Balaban J connectivity index is -0.000000576. The third-order valence-corrected chi connectivity index (χ3v) is 5.07. The van der Waals surface area contributed by atoms with Gasteiger partial charge >= 0.3 is 103 Å². The van der Waals surface area contributed by atoms with Crippen molar-refractivity contribution in [2.75, 3.05) is 0 Å². The molecular weight excluding hydrogens is 1010 g/mol. The average Bonchev–Trinajstić information content (AvgIpc) is 3.11. The van der Waals surface area contributed by atoms with E-state index in [9.17, 15) is 121 Å². The molecule has 28 heteroatoms. The molecule has 0 unspecified atom stereocenters. The second-order valence-electron chi connectivity index (χ2n) is 9.81. The Labute approximate surface area is 393 Å². The average molecular weight is 1060 g/mol. The first-order chi connectivity index (χ1) is 35.4. The van der Waals surface area contributed by atoms with E-state index in [1.54, 1.807) is 0 Å². The summed E-state index contributed by atoms with van der Waals surface area (Å²) < 4.78 is 456. The summed E-state index contributed by atoms with van der Waals surface area (Å²) in [5.41, 5.74) is -13.6. The maximum Gasteiger partial charge on any atom is 3.00 e. The van der Waals surface area contributed by atoms with Crippen LogP contribution in [0.5, 0.6) is 0 Å². The molecule has 0 rings (SSSR count). The number of hydrogen-bond donors (Lipinski definition) is 0. The number of Topliss-reactive ketones (excluding diaryl/α,β-unsaturated/α-hetero) is 6. The first-order valence-corrected chi connectivity index (χ1v) is 12.2. The third kappa shape index (κ3) is 15.0. The van der Waals surface area contributed by atoms with Gasteiger partial charge in [-0.15, -0.1) is 0 Å². The van der Waals surface area contributed by atoms with Gasteiger partial charge in [0.1, 0.15) is 0 Å². The summed E-state index contributed by atoms with van der Waals surface area (Å²) in [6, 6.07) is 0. The maximum absolute atomic E-state index is 13.3. The normalized spacial score (nSPS) is 22.8. The summed E-state index contributed by atoms with van der Waals surface area (Å²) in [6.07, 6.45) is -25.1. The Bertz CT molecular complexity index is 2050. The fraction of sp³-hybridized carbons (Fsp3) is 0.700. The van der Waals surface area contributed by atoms with Crippen molar-refractivity contribution in [3.05, 3.63) is 19.3 Å². The molecule has 0 fully saturated rings. The SMILES string of the molecule is [2H]C([2H])([2H])C(C(=O)[CH-]C(=O)C(F)(F)C(F)(F)C(F)(F)F)(C([2H])([2H])[2H])C([2H])([2H])[2H].[2H]C([2H])([2H])C(C(=O)[CH-]C(=O)C(F)(F)C(F)(F)C(F)(F)F)(C([2H])([2H])[2H])C([2H])([2H])[2H].[2H]C([2H])([2H])C(C(=O)[CH-]C(=O)C(F)(F)C(F)(F)C(F)(F)F)(C([2H])([2H])[2H])C([2H])([2H])[2H].[Eu+3]. The molecule has 0 atom stereocenters. The van der Waals surface area contributed by atoms with Gasteiger partial charge in [0.25, 0.3) is 0 Å². The number of alkyl halides is 21. The van der Waals surface area contributed by atoms with Gasteiger partial charge in [0, 0.05) is 54.4 Å². The van der Waals surface area contributed by atoms with Crippen molar-refractivity contribution in [3.63, 3.8) is 0 Å². The van der Waals surface area contributed by atoms with E-state index in [2.05, 4.69) is 0 Å². The minimum atomic E-state index is -7.03. The quantitative estimate of drug-likeness (QED) is 0.110. The topological polar surface area (TPSA) is 102 Å². The molecule has 58 heavy (non-hydrogen) atoms. The molecule has 0 saturated heterocycles. The molecule has 0 aromatic rings. The first-order valence-electron chi connectivity index (χ1n) is 25.7. The standard InChI is InChI=1S/3C10H10F7O2.Eu/c3*1-7(2,3)5(18)4-6(19)8(11,12)9(13,14)10(15,16)17;/h3*4H,1-3H3;/q3*-1;+3/i3*1D3,2D3,3D3;. The van der Waals surface area contributed by atoms with Gasteiger partial charge in [-0.1, -0.05) is 61.7 Å². The molecule has 0 bridgehead atoms. The molecule has 0 N–H and O–H groups in total. The molecule has 0 aromatic carbocycles. The molecule has 0 amide bonds. The Morgan fingerprint density at radius 2 is 0.448 bits per heavy atom. The van der Waals surface area contributed by atoms with Crippen LogP contribution in [0, 0.1) is 84.9 Å². The van der Waals surface area contributed by atoms with Crippen LogP contribution in [-0.4, -0.2) is 88.8 Å². The van der Waals surface area contributed by atoms with Crippen LogP contribution in [0.25, 0.3) is 0 Å². The van der Waals surface area contributed by atoms with Gasteiger partial charge in [-0.25, -0.2) is 0 Å². The van der Waals surface area contributed by atoms with Crippen molar-refractivity contribution in [1.29, 1.82) is 0 Å². The Kier molecular flexibility index (Phi) is 8.92. The van der Waals surface area contributed by atoms with Gasteiger partial charge in [-0.05, 0) is 16.2 Å². The van der Waals surface area contributed by atoms with E-state index in [0.717, 1.165) is 0 Å². The maximum atomic E-state index is 13.3. The van der Waals surface area contributed by atoms with Crippen molar-refractivity contribution in [2.24, 2.45) is 16.2 Å². The van der Waals surface area contributed by atoms with Gasteiger partial charge in [-0.2, -0.15) is 92.2 Å². The largest absolute Gasteiger partial charge is 3.00 e. The monoisotopic (exact) mass is 1070 g/mol. The number of ketones is 6. The fourth-order valence-electron chi connectivity index (χ4n) is 1.95. The predicted octanol–water partition coefficient (Wildman–Crippen LogP) is 9.62. The molecule has 0 aromatic heterocycles. The number of halogens is 21. The van der Waals surface area contributed by atoms with Crippen molar-refractivity contribution in [1.82, 2.24) is 0 Å². The number of carbonyl (C=O) groups excluding carboxylic acids is 6. The molecule has 0 saturated carbocycles. The fourth-order valence-corrected chi connectivity index (χ4v) is 1.95. The van der Waals surface area contributed by atoms with Crippen molar-refractivity contribution >= 4 is 34.7 Å². The summed E-state index contributed by atoms with van der Waals surface area (Å²) in [4.78, 5) is 69.8. The summed E-state index contributed by atoms with van der Waals surface area (Å²) in [7, 11) is 0. The summed E-state index contributed by atoms with van der Waals surface area (Å²) >= 11 is 0. The summed E-state index contributed by atoms with van der Waals surface area (Å²) in [6.45, 7) is -39.0. The zero-order chi connectivity index (χ0) is 70.1. The van der Waals surface area contributed by atoms with Gasteiger partial charge in [0.05, 0.1) is 17.3 Å². The molecule has 0 aliphatic carbocycles. The molecular formula is C30H30EuF21O6. The van der Waals surface area contributed by atoms with Gasteiger partial charge < -0.3 is 28.8 Å². The molecule has 6 nitrogen and oxygen atoms in total. The van der Waals surface area contributed by atoms with E-state index in [1.807, 2.05) is 0 Å². The summed E-state index contributed by atoms with van der Waals surface area (Å²) in [5.74, 6) is -60.7. The Morgan fingerprint density at radius 3 is 0.552 bits per heavy atom. The summed E-state index contributed by atoms with van der Waals surface area (Å²) in [5, 5.41) is 0. The van der Waals surface area contributed by atoms with Crippen LogP contribution in [0.2, 0.25) is 0 Å². The van der Waals surface area contributed by atoms with Crippen molar-refractivity contribution in [3.8, 4) is 0 Å². The first kappa shape index (κ1) is 26.9. The molecule has 340 valence electrons. The van der Waals surface area contributed by atoms with Crippen LogP contribution < -0.4 is 0 Å². The van der Waals surface area contributed by atoms with Crippen LogP contribution in [-0.2, 0) is 28.8 Å². The molecule has 0 aliphatic heterocycles. The van der Waals surface area contributed by atoms with E-state index in [-0.39, 0.29) is 49.4 Å². The van der Waals surface area contributed by atoms with Gasteiger partial charge in [0.15, 0.2) is 0 Å². The predicted molar refractivity (Wildman–Crippen MR) is 149 cm³/mol.